The Balaban J connectivity index is 1.50. The van der Waals surface area contributed by atoms with Crippen LogP contribution in [0.4, 0.5) is 10.1 Å². The van der Waals surface area contributed by atoms with Crippen molar-refractivity contribution in [1.29, 1.82) is 0 Å². The van der Waals surface area contributed by atoms with Gasteiger partial charge in [0, 0.05) is 40.2 Å². The summed E-state index contributed by atoms with van der Waals surface area (Å²) in [6.45, 7) is 1.53. The van der Waals surface area contributed by atoms with Crippen LogP contribution in [0.5, 0.6) is 5.75 Å². The minimum atomic E-state index is -0.640. The summed E-state index contributed by atoms with van der Waals surface area (Å²) in [5.41, 5.74) is 8.10. The third-order valence-corrected chi connectivity index (χ3v) is 7.57. The third-order valence-electron chi connectivity index (χ3n) is 7.57. The van der Waals surface area contributed by atoms with Crippen molar-refractivity contribution in [3.8, 4) is 5.75 Å². The molecule has 35 heavy (non-hydrogen) atoms. The van der Waals surface area contributed by atoms with Gasteiger partial charge in [-0.2, -0.15) is 0 Å². The Morgan fingerprint density at radius 3 is 2.86 bits per heavy atom. The molecule has 4 atom stereocenters. The second kappa shape index (κ2) is 9.62. The molecule has 1 aromatic heterocycles. The SMILES string of the molecule is COCCN1c2c(cccc2OC)CC1c1nc2c(n1C)=CC1CCN(C[C@H](N)CF)C(=O)C1C=2. The number of amides is 1. The minimum Gasteiger partial charge on any atom is -0.495 e. The average Bonchev–Trinajstić information content (AvgIpc) is 3.40. The Morgan fingerprint density at radius 1 is 1.29 bits per heavy atom. The summed E-state index contributed by atoms with van der Waals surface area (Å²) in [4.78, 5) is 22.3. The predicted molar refractivity (Wildman–Crippen MR) is 132 cm³/mol. The van der Waals surface area contributed by atoms with Crippen molar-refractivity contribution >= 4 is 23.7 Å². The van der Waals surface area contributed by atoms with E-state index in [1.807, 2.05) is 18.2 Å². The summed E-state index contributed by atoms with van der Waals surface area (Å²) >= 11 is 0. The Labute approximate surface area is 204 Å². The smallest absolute Gasteiger partial charge is 0.230 e. The van der Waals surface area contributed by atoms with Crippen molar-refractivity contribution in [3.05, 3.63) is 40.3 Å². The Bertz CT molecular complexity index is 1230. The van der Waals surface area contributed by atoms with Crippen molar-refractivity contribution in [2.75, 3.05) is 52.0 Å². The molecule has 2 aliphatic heterocycles. The summed E-state index contributed by atoms with van der Waals surface area (Å²) in [5, 5.41) is 1.89. The van der Waals surface area contributed by atoms with Crippen molar-refractivity contribution in [3.63, 3.8) is 0 Å². The molecule has 0 spiro atoms. The molecule has 2 N–H and O–H groups in total. The van der Waals surface area contributed by atoms with E-state index in [2.05, 4.69) is 28.7 Å². The maximum Gasteiger partial charge on any atom is 0.230 e. The zero-order valence-electron chi connectivity index (χ0n) is 20.6. The monoisotopic (exact) mass is 483 g/mol. The number of para-hydroxylation sites is 1. The van der Waals surface area contributed by atoms with Crippen LogP contribution in [0.3, 0.4) is 0 Å². The fourth-order valence-corrected chi connectivity index (χ4v) is 5.81. The lowest BCUT2D eigenvalue weighted by atomic mass is 9.82. The number of hydrogen-bond donors (Lipinski definition) is 1. The molecule has 3 heterocycles. The van der Waals surface area contributed by atoms with Gasteiger partial charge in [-0.15, -0.1) is 0 Å². The number of piperidine rings is 1. The van der Waals surface area contributed by atoms with Crippen LogP contribution in [0.1, 0.15) is 23.9 Å². The first-order valence-electron chi connectivity index (χ1n) is 12.2. The minimum absolute atomic E-state index is 0.0129. The van der Waals surface area contributed by atoms with E-state index in [1.54, 1.807) is 19.1 Å². The highest BCUT2D eigenvalue weighted by atomic mass is 19.1. The zero-order chi connectivity index (χ0) is 24.7. The lowest BCUT2D eigenvalue weighted by Gasteiger charge is -2.37. The number of halogens is 1. The molecule has 1 aliphatic carbocycles. The number of nitrogens with zero attached hydrogens (tertiary/aromatic N) is 4. The van der Waals surface area contributed by atoms with Gasteiger partial charge in [0.1, 0.15) is 18.2 Å². The number of anilines is 1. The predicted octanol–water partition coefficient (Wildman–Crippen LogP) is 0.515. The van der Waals surface area contributed by atoms with Gasteiger partial charge in [-0.05, 0) is 30.0 Å². The topological polar surface area (TPSA) is 85.8 Å². The zero-order valence-corrected chi connectivity index (χ0v) is 20.6. The van der Waals surface area contributed by atoms with Crippen LogP contribution in [0, 0.1) is 11.8 Å². The molecule has 5 rings (SSSR count). The summed E-state index contributed by atoms with van der Waals surface area (Å²) in [5.74, 6) is 1.65. The molecule has 0 saturated carbocycles. The molecule has 1 fully saturated rings. The van der Waals surface area contributed by atoms with Crippen LogP contribution in [0.25, 0.3) is 12.2 Å². The second-order valence-electron chi connectivity index (χ2n) is 9.68. The molecule has 1 saturated heterocycles. The van der Waals surface area contributed by atoms with Crippen LogP contribution >= 0.6 is 0 Å². The summed E-state index contributed by atoms with van der Waals surface area (Å²) in [7, 11) is 5.46. The van der Waals surface area contributed by atoms with Crippen LogP contribution in [0.15, 0.2) is 18.2 Å². The van der Waals surface area contributed by atoms with Crippen molar-refractivity contribution in [2.24, 2.45) is 24.6 Å². The quantitative estimate of drug-likeness (QED) is 0.589. The van der Waals surface area contributed by atoms with Crippen LogP contribution in [-0.2, 0) is 23.0 Å². The number of carbonyl (C=O) groups excluding carboxylic acids is 1. The molecule has 2 aromatic rings. The van der Waals surface area contributed by atoms with E-state index in [4.69, 9.17) is 20.2 Å². The highest BCUT2D eigenvalue weighted by molar-refractivity contribution is 5.87. The van der Waals surface area contributed by atoms with E-state index < -0.39 is 12.7 Å². The number of likely N-dealkylation sites (tertiary alicyclic amines) is 1. The highest BCUT2D eigenvalue weighted by Gasteiger charge is 2.38. The Kier molecular flexibility index (Phi) is 6.55. The normalized spacial score (nSPS) is 23.8. The number of aromatic nitrogens is 2. The second-order valence-corrected chi connectivity index (χ2v) is 9.68. The van der Waals surface area contributed by atoms with Gasteiger partial charge in [0.15, 0.2) is 0 Å². The number of benzene rings is 1. The molecule has 0 radical (unpaired) electrons. The van der Waals surface area contributed by atoms with Crippen molar-refractivity contribution in [2.45, 2.75) is 24.9 Å². The largest absolute Gasteiger partial charge is 0.495 e. The number of fused-ring (bicyclic) bond motifs is 3. The average molecular weight is 484 g/mol. The number of nitrogens with two attached hydrogens (primary N) is 1. The molecular weight excluding hydrogens is 449 g/mol. The van der Waals surface area contributed by atoms with Gasteiger partial charge in [0.05, 0.1) is 48.1 Å². The number of imidazole rings is 1. The molecule has 1 aromatic carbocycles. The molecule has 1 amide bonds. The molecule has 0 bridgehead atoms. The van der Waals surface area contributed by atoms with Crippen LogP contribution in [-0.4, -0.2) is 73.5 Å². The summed E-state index contributed by atoms with van der Waals surface area (Å²) < 4.78 is 26.2. The van der Waals surface area contributed by atoms with Gasteiger partial charge in [-0.1, -0.05) is 18.2 Å². The van der Waals surface area contributed by atoms with E-state index >= 15 is 0 Å². The Morgan fingerprint density at radius 2 is 2.11 bits per heavy atom. The number of alkyl halides is 1. The van der Waals surface area contributed by atoms with Crippen LogP contribution < -0.4 is 26.1 Å². The molecule has 3 unspecified atom stereocenters. The van der Waals surface area contributed by atoms with E-state index in [0.717, 1.165) is 40.8 Å². The Hall–Kier alpha value is -2.91. The fraction of sp³-hybridized carbons (Fsp3) is 0.538. The maximum atomic E-state index is 13.2. The van der Waals surface area contributed by atoms with Gasteiger partial charge < -0.3 is 29.6 Å². The lowest BCUT2D eigenvalue weighted by molar-refractivity contribution is -0.137. The molecule has 3 aliphatic rings. The lowest BCUT2D eigenvalue weighted by Crippen LogP contribution is -2.51. The first-order chi connectivity index (χ1) is 17.0. The van der Waals surface area contributed by atoms with Gasteiger partial charge in [-0.3, -0.25) is 4.79 Å². The molecule has 188 valence electrons. The highest BCUT2D eigenvalue weighted by Crippen LogP contribution is 2.44. The van der Waals surface area contributed by atoms with Gasteiger partial charge in [-0.25, -0.2) is 9.37 Å². The van der Waals surface area contributed by atoms with Crippen LogP contribution in [0.2, 0.25) is 0 Å². The first kappa shape index (κ1) is 23.8. The fourth-order valence-electron chi connectivity index (χ4n) is 5.81. The van der Waals surface area contributed by atoms with E-state index in [1.165, 1.54) is 5.56 Å². The van der Waals surface area contributed by atoms with Crippen molar-refractivity contribution < 1.29 is 18.7 Å². The first-order valence-corrected chi connectivity index (χ1v) is 12.2. The number of methoxy groups -OCH3 is 2. The van der Waals surface area contributed by atoms with Gasteiger partial charge >= 0.3 is 0 Å². The van der Waals surface area contributed by atoms with Gasteiger partial charge in [0.2, 0.25) is 5.91 Å². The summed E-state index contributed by atoms with van der Waals surface area (Å²) in [6.07, 6.45) is 5.85. The molecular formula is C26H34FN5O3. The van der Waals surface area contributed by atoms with E-state index in [-0.39, 0.29) is 30.3 Å². The molecule has 8 nitrogen and oxygen atoms in total. The number of carbonyl (C=O) groups is 1. The van der Waals surface area contributed by atoms with Gasteiger partial charge in [0.25, 0.3) is 0 Å². The summed E-state index contributed by atoms with van der Waals surface area (Å²) in [6, 6.07) is 5.55. The van der Waals surface area contributed by atoms with E-state index in [0.29, 0.717) is 19.7 Å². The standard InChI is InChI=1S/C26H34FN5O3/c1-30-21-11-16-7-8-31(15-18(28)14-27)26(33)19(16)13-20(21)29-25(30)22-12-17-5-4-6-23(35-3)24(17)32(22)9-10-34-2/h4-6,11,13,16,18-19,22H,7-10,12,14-15,28H2,1-3H3/t16?,18-,19?,22?/m1/s1. The van der Waals surface area contributed by atoms with Crippen molar-refractivity contribution in [1.82, 2.24) is 14.5 Å². The number of hydrogen-bond acceptors (Lipinski definition) is 6. The maximum absolute atomic E-state index is 13.2. The van der Waals surface area contributed by atoms with E-state index in [9.17, 15) is 9.18 Å². The number of ether oxygens (including phenoxy) is 2. The third kappa shape index (κ3) is 4.10. The molecule has 9 heteroatoms. The number of rotatable bonds is 8.